The highest BCUT2D eigenvalue weighted by molar-refractivity contribution is 6.30. The maximum absolute atomic E-state index is 12.9. The lowest BCUT2D eigenvalue weighted by atomic mass is 10.2. The molecule has 0 spiro atoms. The molecule has 4 rings (SSSR count). The lowest BCUT2D eigenvalue weighted by Crippen LogP contribution is -2.31. The van der Waals surface area contributed by atoms with Crippen LogP contribution < -0.4 is 15.4 Å². The SMILES string of the molecule is CCCCNC(=O)CNc1nc2ccccc2c2nc(-c3cc(Cl)ccc3OC(F)(F)F)nn12. The number of carbonyl (C=O) groups excluding carboxylic acids is 1. The van der Waals surface area contributed by atoms with E-state index in [1.807, 2.05) is 6.92 Å². The molecule has 8 nitrogen and oxygen atoms in total. The molecule has 0 bridgehead atoms. The van der Waals surface area contributed by atoms with E-state index < -0.39 is 12.1 Å². The molecule has 178 valence electrons. The zero-order valence-electron chi connectivity index (χ0n) is 18.0. The molecule has 0 aliphatic rings. The van der Waals surface area contributed by atoms with Crippen LogP contribution >= 0.6 is 11.6 Å². The number of anilines is 1. The van der Waals surface area contributed by atoms with Crippen LogP contribution in [-0.4, -0.2) is 44.9 Å². The van der Waals surface area contributed by atoms with Gasteiger partial charge in [-0.3, -0.25) is 4.79 Å². The van der Waals surface area contributed by atoms with Gasteiger partial charge < -0.3 is 15.4 Å². The lowest BCUT2D eigenvalue weighted by molar-refractivity contribution is -0.274. The monoisotopic (exact) mass is 492 g/mol. The average molecular weight is 493 g/mol. The average Bonchev–Trinajstić information content (AvgIpc) is 3.24. The number of fused-ring (bicyclic) bond motifs is 3. The highest BCUT2D eigenvalue weighted by atomic mass is 35.5. The summed E-state index contributed by atoms with van der Waals surface area (Å²) in [5.74, 6) is -0.559. The summed E-state index contributed by atoms with van der Waals surface area (Å²) in [7, 11) is 0. The molecule has 0 aliphatic heterocycles. The summed E-state index contributed by atoms with van der Waals surface area (Å²) < 4.78 is 44.3. The molecule has 0 unspecified atom stereocenters. The van der Waals surface area contributed by atoms with Crippen LogP contribution in [0.4, 0.5) is 19.1 Å². The number of carbonyl (C=O) groups is 1. The smallest absolute Gasteiger partial charge is 0.405 e. The van der Waals surface area contributed by atoms with Gasteiger partial charge in [0.1, 0.15) is 5.75 Å². The first-order valence-corrected chi connectivity index (χ1v) is 10.8. The van der Waals surface area contributed by atoms with Gasteiger partial charge in [0.2, 0.25) is 11.9 Å². The first kappa shape index (κ1) is 23.6. The topological polar surface area (TPSA) is 93.4 Å². The van der Waals surface area contributed by atoms with Crippen LogP contribution in [-0.2, 0) is 4.79 Å². The second-order valence-corrected chi connectivity index (χ2v) is 7.81. The molecular weight excluding hydrogens is 473 g/mol. The van der Waals surface area contributed by atoms with Crippen molar-refractivity contribution in [1.29, 1.82) is 0 Å². The molecule has 1 amide bonds. The number of unbranched alkanes of at least 4 members (excludes halogenated alkanes) is 1. The summed E-state index contributed by atoms with van der Waals surface area (Å²) in [6.45, 7) is 2.51. The minimum Gasteiger partial charge on any atom is -0.405 e. The fraction of sp³-hybridized carbons (Fsp3) is 0.273. The van der Waals surface area contributed by atoms with Crippen LogP contribution in [0.5, 0.6) is 5.75 Å². The summed E-state index contributed by atoms with van der Waals surface area (Å²) >= 11 is 6.03. The predicted molar refractivity (Wildman–Crippen MR) is 122 cm³/mol. The Kier molecular flexibility index (Phi) is 6.73. The minimum absolute atomic E-state index is 0.0409. The van der Waals surface area contributed by atoms with Crippen molar-refractivity contribution in [2.75, 3.05) is 18.4 Å². The fourth-order valence-electron chi connectivity index (χ4n) is 3.30. The third-order valence-electron chi connectivity index (χ3n) is 4.85. The third kappa shape index (κ3) is 5.30. The highest BCUT2D eigenvalue weighted by Gasteiger charge is 2.33. The number of hydrogen-bond acceptors (Lipinski definition) is 6. The van der Waals surface area contributed by atoms with Crippen molar-refractivity contribution in [3.05, 3.63) is 47.5 Å². The number of para-hydroxylation sites is 1. The van der Waals surface area contributed by atoms with Crippen molar-refractivity contribution < 1.29 is 22.7 Å². The Morgan fingerprint density at radius 1 is 1.18 bits per heavy atom. The van der Waals surface area contributed by atoms with Crippen molar-refractivity contribution in [2.45, 2.75) is 26.1 Å². The van der Waals surface area contributed by atoms with Crippen LogP contribution in [0, 0.1) is 0 Å². The van der Waals surface area contributed by atoms with Gasteiger partial charge in [0.15, 0.2) is 11.5 Å². The number of rotatable bonds is 8. The van der Waals surface area contributed by atoms with Crippen molar-refractivity contribution in [3.8, 4) is 17.1 Å². The fourth-order valence-corrected chi connectivity index (χ4v) is 3.47. The van der Waals surface area contributed by atoms with E-state index in [0.717, 1.165) is 18.9 Å². The van der Waals surface area contributed by atoms with E-state index in [9.17, 15) is 18.0 Å². The Hall–Kier alpha value is -3.60. The van der Waals surface area contributed by atoms with E-state index in [-0.39, 0.29) is 34.8 Å². The second-order valence-electron chi connectivity index (χ2n) is 7.37. The van der Waals surface area contributed by atoms with Gasteiger partial charge in [0, 0.05) is 17.0 Å². The molecule has 2 heterocycles. The Bertz CT molecular complexity index is 1340. The zero-order valence-corrected chi connectivity index (χ0v) is 18.7. The molecule has 0 radical (unpaired) electrons. The second kappa shape index (κ2) is 9.72. The molecular formula is C22H20ClF3N6O2. The molecule has 0 aliphatic carbocycles. The van der Waals surface area contributed by atoms with E-state index in [1.54, 1.807) is 24.3 Å². The van der Waals surface area contributed by atoms with Gasteiger partial charge in [-0.25, -0.2) is 9.97 Å². The Balaban J connectivity index is 1.77. The van der Waals surface area contributed by atoms with Gasteiger partial charge in [-0.2, -0.15) is 4.52 Å². The number of nitrogens with zero attached hydrogens (tertiary/aromatic N) is 4. The standard InChI is InChI=1S/C22H20ClF3N6O2/c1-2-3-10-27-18(33)12-28-21-29-16-7-5-4-6-14(16)20-30-19(31-32(20)21)15-11-13(23)8-9-17(15)34-22(24,25)26/h4-9,11H,2-3,10,12H2,1H3,(H,27,33)(H,28,29). The molecule has 0 saturated carbocycles. The number of aromatic nitrogens is 4. The van der Waals surface area contributed by atoms with Crippen LogP contribution in [0.25, 0.3) is 27.9 Å². The maximum Gasteiger partial charge on any atom is 0.573 e. The molecule has 34 heavy (non-hydrogen) atoms. The largest absolute Gasteiger partial charge is 0.573 e. The van der Waals surface area contributed by atoms with E-state index in [2.05, 4.69) is 30.4 Å². The van der Waals surface area contributed by atoms with Crippen molar-refractivity contribution >= 4 is 40.0 Å². The number of ether oxygens (including phenoxy) is 1. The van der Waals surface area contributed by atoms with Crippen LogP contribution in [0.2, 0.25) is 5.02 Å². The number of alkyl halides is 3. The number of halogens is 4. The van der Waals surface area contributed by atoms with E-state index >= 15 is 0 Å². The molecule has 4 aromatic rings. The maximum atomic E-state index is 12.9. The summed E-state index contributed by atoms with van der Waals surface area (Å²) in [6, 6.07) is 10.8. The summed E-state index contributed by atoms with van der Waals surface area (Å²) in [5, 5.41) is 10.9. The molecule has 0 atom stereocenters. The van der Waals surface area contributed by atoms with Crippen molar-refractivity contribution in [3.63, 3.8) is 0 Å². The van der Waals surface area contributed by atoms with Gasteiger partial charge in [-0.05, 0) is 36.8 Å². The minimum atomic E-state index is -4.91. The number of amides is 1. The van der Waals surface area contributed by atoms with E-state index in [1.165, 1.54) is 16.6 Å². The number of benzene rings is 2. The third-order valence-corrected chi connectivity index (χ3v) is 5.08. The van der Waals surface area contributed by atoms with Gasteiger partial charge in [0.05, 0.1) is 17.6 Å². The van der Waals surface area contributed by atoms with Crippen LogP contribution in [0.3, 0.4) is 0 Å². The molecule has 2 aromatic carbocycles. The normalized spacial score (nSPS) is 11.7. The quantitative estimate of drug-likeness (QED) is 0.342. The van der Waals surface area contributed by atoms with Gasteiger partial charge in [0.25, 0.3) is 0 Å². The first-order chi connectivity index (χ1) is 16.2. The number of hydrogen-bond donors (Lipinski definition) is 2. The van der Waals surface area contributed by atoms with Crippen molar-refractivity contribution in [2.24, 2.45) is 0 Å². The Morgan fingerprint density at radius 3 is 2.74 bits per heavy atom. The van der Waals surface area contributed by atoms with Crippen molar-refractivity contribution in [1.82, 2.24) is 24.9 Å². The first-order valence-electron chi connectivity index (χ1n) is 10.5. The van der Waals surface area contributed by atoms with E-state index in [4.69, 9.17) is 11.6 Å². The van der Waals surface area contributed by atoms with Gasteiger partial charge in [-0.15, -0.1) is 18.3 Å². The zero-order chi connectivity index (χ0) is 24.3. The predicted octanol–water partition coefficient (Wildman–Crippen LogP) is 4.82. The number of nitrogens with one attached hydrogen (secondary N) is 2. The molecule has 2 aromatic heterocycles. The van der Waals surface area contributed by atoms with Crippen LogP contribution in [0.15, 0.2) is 42.5 Å². The lowest BCUT2D eigenvalue weighted by Gasteiger charge is -2.11. The van der Waals surface area contributed by atoms with Gasteiger partial charge >= 0.3 is 6.36 Å². The molecule has 0 fully saturated rings. The van der Waals surface area contributed by atoms with E-state index in [0.29, 0.717) is 23.1 Å². The van der Waals surface area contributed by atoms with Crippen LogP contribution in [0.1, 0.15) is 19.8 Å². The highest BCUT2D eigenvalue weighted by Crippen LogP contribution is 2.35. The summed E-state index contributed by atoms with van der Waals surface area (Å²) in [4.78, 5) is 21.1. The summed E-state index contributed by atoms with van der Waals surface area (Å²) in [6.07, 6.45) is -3.10. The molecule has 12 heteroatoms. The Labute approximate surface area is 197 Å². The summed E-state index contributed by atoms with van der Waals surface area (Å²) in [5.41, 5.74) is 0.869. The molecule has 2 N–H and O–H groups in total. The van der Waals surface area contributed by atoms with Gasteiger partial charge in [-0.1, -0.05) is 37.1 Å². The Morgan fingerprint density at radius 2 is 1.97 bits per heavy atom. The molecule has 0 saturated heterocycles.